The maximum absolute atomic E-state index is 13.7. The molecule has 0 spiro atoms. The number of ether oxygens (including phenoxy) is 1. The summed E-state index contributed by atoms with van der Waals surface area (Å²) in [5.74, 6) is -0.0596. The first-order valence-corrected chi connectivity index (χ1v) is 9.45. The molecule has 1 heterocycles. The van der Waals surface area contributed by atoms with Gasteiger partial charge in [-0.3, -0.25) is 4.79 Å². The Morgan fingerprint density at radius 3 is 2.59 bits per heavy atom. The molecule has 3 nitrogen and oxygen atoms in total. The summed E-state index contributed by atoms with van der Waals surface area (Å²) in [5, 5.41) is 0. The maximum Gasteiger partial charge on any atom is 0.227 e. The van der Waals surface area contributed by atoms with Gasteiger partial charge in [0.15, 0.2) is 0 Å². The molecule has 1 saturated heterocycles. The van der Waals surface area contributed by atoms with E-state index in [1.54, 1.807) is 24.3 Å². The van der Waals surface area contributed by atoms with E-state index in [9.17, 15) is 13.6 Å². The summed E-state index contributed by atoms with van der Waals surface area (Å²) in [7, 11) is 0. The van der Waals surface area contributed by atoms with Crippen molar-refractivity contribution in [3.05, 3.63) is 71.3 Å². The lowest BCUT2D eigenvalue weighted by molar-refractivity contribution is -0.132. The minimum Gasteiger partial charge on any atom is -0.377 e. The number of amides is 1. The summed E-state index contributed by atoms with van der Waals surface area (Å²) in [5.41, 5.74) is 1.29. The van der Waals surface area contributed by atoms with E-state index in [4.69, 9.17) is 4.74 Å². The molecule has 1 aliphatic rings. The van der Waals surface area contributed by atoms with Crippen molar-refractivity contribution >= 4 is 5.91 Å². The number of likely N-dealkylation sites (tertiary alicyclic amines) is 1. The molecule has 0 atom stereocenters. The topological polar surface area (TPSA) is 29.5 Å². The molecule has 0 unspecified atom stereocenters. The van der Waals surface area contributed by atoms with Crippen molar-refractivity contribution in [1.82, 2.24) is 4.90 Å². The summed E-state index contributed by atoms with van der Waals surface area (Å²) in [4.78, 5) is 14.2. The predicted molar refractivity (Wildman–Crippen MR) is 100 cm³/mol. The minimum atomic E-state index is -0.323. The Morgan fingerprint density at radius 2 is 1.85 bits per heavy atom. The Hall–Kier alpha value is -2.27. The summed E-state index contributed by atoms with van der Waals surface area (Å²) >= 11 is 0. The molecule has 0 bridgehead atoms. The molecule has 27 heavy (non-hydrogen) atoms. The van der Waals surface area contributed by atoms with Crippen molar-refractivity contribution in [1.29, 1.82) is 0 Å². The molecule has 1 amide bonds. The van der Waals surface area contributed by atoms with Crippen LogP contribution in [0.4, 0.5) is 8.78 Å². The monoisotopic (exact) mass is 373 g/mol. The van der Waals surface area contributed by atoms with Gasteiger partial charge in [-0.2, -0.15) is 0 Å². The quantitative estimate of drug-likeness (QED) is 0.675. The number of halogens is 2. The molecule has 5 heteroatoms. The highest BCUT2D eigenvalue weighted by atomic mass is 19.1. The van der Waals surface area contributed by atoms with Crippen molar-refractivity contribution in [3.8, 4) is 0 Å². The van der Waals surface area contributed by atoms with E-state index in [2.05, 4.69) is 0 Å². The van der Waals surface area contributed by atoms with Gasteiger partial charge in [0.2, 0.25) is 5.91 Å². The minimum absolute atomic E-state index is 0.0131. The summed E-state index contributed by atoms with van der Waals surface area (Å²) in [6.07, 6.45) is 2.93. The fourth-order valence-electron chi connectivity index (χ4n) is 3.45. The van der Waals surface area contributed by atoms with E-state index in [-0.39, 0.29) is 24.0 Å². The highest BCUT2D eigenvalue weighted by molar-refractivity contribution is 5.78. The molecule has 144 valence electrons. The number of hydrogen-bond donors (Lipinski definition) is 0. The molecule has 1 aliphatic heterocycles. The van der Waals surface area contributed by atoms with Gasteiger partial charge in [-0.1, -0.05) is 30.3 Å². The van der Waals surface area contributed by atoms with Crippen LogP contribution < -0.4 is 0 Å². The van der Waals surface area contributed by atoms with Crippen LogP contribution in [0.1, 0.15) is 30.4 Å². The van der Waals surface area contributed by atoms with Gasteiger partial charge in [0.1, 0.15) is 11.6 Å². The van der Waals surface area contributed by atoms with Crippen LogP contribution in [0.15, 0.2) is 48.5 Å². The van der Waals surface area contributed by atoms with Crippen LogP contribution in [0.5, 0.6) is 0 Å². The van der Waals surface area contributed by atoms with Crippen LogP contribution in [-0.2, 0) is 22.6 Å². The third-order valence-electron chi connectivity index (χ3n) is 5.09. The van der Waals surface area contributed by atoms with Gasteiger partial charge in [-0.05, 0) is 54.5 Å². The highest BCUT2D eigenvalue weighted by Gasteiger charge is 2.23. The van der Waals surface area contributed by atoms with Gasteiger partial charge >= 0.3 is 0 Å². The second kappa shape index (κ2) is 9.60. The first kappa shape index (κ1) is 19.5. The molecule has 1 fully saturated rings. The van der Waals surface area contributed by atoms with Crippen molar-refractivity contribution in [2.75, 3.05) is 19.7 Å². The summed E-state index contributed by atoms with van der Waals surface area (Å²) in [6.45, 7) is 2.46. The Labute approximate surface area is 158 Å². The van der Waals surface area contributed by atoms with Crippen LogP contribution in [0.25, 0.3) is 0 Å². The normalized spacial score (nSPS) is 15.1. The molecule has 0 N–H and O–H groups in total. The Kier molecular flexibility index (Phi) is 6.93. The largest absolute Gasteiger partial charge is 0.377 e. The van der Waals surface area contributed by atoms with Crippen LogP contribution in [0.3, 0.4) is 0 Å². The van der Waals surface area contributed by atoms with Crippen molar-refractivity contribution in [2.24, 2.45) is 5.92 Å². The lowest BCUT2D eigenvalue weighted by atomic mass is 9.93. The zero-order chi connectivity index (χ0) is 19.1. The first-order chi connectivity index (χ1) is 13.1. The van der Waals surface area contributed by atoms with Gasteiger partial charge in [0.25, 0.3) is 0 Å². The molecule has 0 aromatic heterocycles. The number of carbonyl (C=O) groups is 1. The van der Waals surface area contributed by atoms with Gasteiger partial charge in [-0.15, -0.1) is 0 Å². The number of carbonyl (C=O) groups excluding carboxylic acids is 1. The standard InChI is InChI=1S/C22H25F2NO2/c23-20-6-3-4-18(14-20)16-27-13-10-17-8-11-25(12-9-17)22(26)15-19-5-1-2-7-21(19)24/h1-7,14,17H,8-13,15-16H2. The van der Waals surface area contributed by atoms with Crippen LogP contribution in [0, 0.1) is 17.6 Å². The molecule has 0 radical (unpaired) electrons. The summed E-state index contributed by atoms with van der Waals surface area (Å²) in [6, 6.07) is 12.9. The number of nitrogens with zero attached hydrogens (tertiary/aromatic N) is 1. The number of piperidine rings is 1. The fraction of sp³-hybridized carbons (Fsp3) is 0.409. The average molecular weight is 373 g/mol. The van der Waals surface area contributed by atoms with E-state index in [0.29, 0.717) is 37.8 Å². The molecular weight excluding hydrogens is 348 g/mol. The smallest absolute Gasteiger partial charge is 0.227 e. The molecule has 2 aromatic carbocycles. The van der Waals surface area contributed by atoms with E-state index in [1.165, 1.54) is 18.2 Å². The van der Waals surface area contributed by atoms with Crippen LogP contribution in [-0.4, -0.2) is 30.5 Å². The molecule has 0 saturated carbocycles. The molecule has 3 rings (SSSR count). The van der Waals surface area contributed by atoms with Gasteiger partial charge in [-0.25, -0.2) is 8.78 Å². The number of hydrogen-bond acceptors (Lipinski definition) is 2. The highest BCUT2D eigenvalue weighted by Crippen LogP contribution is 2.22. The van der Waals surface area contributed by atoms with E-state index in [0.717, 1.165) is 24.8 Å². The van der Waals surface area contributed by atoms with E-state index >= 15 is 0 Å². The molecular formula is C22H25F2NO2. The number of benzene rings is 2. The Balaban J connectivity index is 1.35. The lowest BCUT2D eigenvalue weighted by Gasteiger charge is -2.32. The molecule has 0 aliphatic carbocycles. The lowest BCUT2D eigenvalue weighted by Crippen LogP contribution is -2.39. The maximum atomic E-state index is 13.7. The predicted octanol–water partition coefficient (Wildman–Crippen LogP) is 4.35. The fourth-order valence-corrected chi connectivity index (χ4v) is 3.45. The third-order valence-corrected chi connectivity index (χ3v) is 5.09. The number of rotatable bonds is 7. The SMILES string of the molecule is O=C(Cc1ccccc1F)N1CCC(CCOCc2cccc(F)c2)CC1. The van der Waals surface area contributed by atoms with Crippen molar-refractivity contribution in [2.45, 2.75) is 32.3 Å². The first-order valence-electron chi connectivity index (χ1n) is 9.45. The second-order valence-corrected chi connectivity index (χ2v) is 7.06. The second-order valence-electron chi connectivity index (χ2n) is 7.06. The van der Waals surface area contributed by atoms with Gasteiger partial charge in [0, 0.05) is 19.7 Å². The van der Waals surface area contributed by atoms with E-state index < -0.39 is 0 Å². The summed E-state index contributed by atoms with van der Waals surface area (Å²) < 4.78 is 32.5. The van der Waals surface area contributed by atoms with Crippen molar-refractivity contribution < 1.29 is 18.3 Å². The van der Waals surface area contributed by atoms with Crippen LogP contribution in [0.2, 0.25) is 0 Å². The van der Waals surface area contributed by atoms with Crippen molar-refractivity contribution in [3.63, 3.8) is 0 Å². The van der Waals surface area contributed by atoms with E-state index in [1.807, 2.05) is 11.0 Å². The average Bonchev–Trinajstić information content (AvgIpc) is 2.67. The zero-order valence-electron chi connectivity index (χ0n) is 15.4. The van der Waals surface area contributed by atoms with Crippen LogP contribution >= 0.6 is 0 Å². The van der Waals surface area contributed by atoms with Gasteiger partial charge < -0.3 is 9.64 Å². The Morgan fingerprint density at radius 1 is 1.07 bits per heavy atom. The molecule has 2 aromatic rings. The van der Waals surface area contributed by atoms with Gasteiger partial charge in [0.05, 0.1) is 13.0 Å². The Bertz CT molecular complexity index is 757. The third kappa shape index (κ3) is 5.86. The zero-order valence-corrected chi connectivity index (χ0v) is 15.4.